The van der Waals surface area contributed by atoms with Gasteiger partial charge < -0.3 is 14.8 Å². The number of hydrogen-bond donors (Lipinski definition) is 1. The molecule has 1 amide bonds. The number of carbonyl (C=O) groups excluding carboxylic acids is 1. The Labute approximate surface area is 147 Å². The first-order valence-electron chi connectivity index (χ1n) is 8.33. The van der Waals surface area contributed by atoms with E-state index in [-0.39, 0.29) is 10.7 Å². The molecule has 0 aromatic heterocycles. The molecule has 3 rings (SSSR count). The van der Waals surface area contributed by atoms with Gasteiger partial charge in [0.05, 0.1) is 4.90 Å². The molecule has 1 aromatic carbocycles. The molecule has 0 radical (unpaired) electrons. The second-order valence-corrected chi connectivity index (χ2v) is 8.20. The average molecular weight is 366 g/mol. The van der Waals surface area contributed by atoms with E-state index in [1.165, 1.54) is 22.7 Å². The highest BCUT2D eigenvalue weighted by Gasteiger charge is 2.28. The second-order valence-electron chi connectivity index (χ2n) is 6.27. The summed E-state index contributed by atoms with van der Waals surface area (Å²) >= 11 is 0. The summed E-state index contributed by atoms with van der Waals surface area (Å²) in [4.78, 5) is 12.2. The van der Waals surface area contributed by atoms with Gasteiger partial charge in [0, 0.05) is 18.8 Å². The summed E-state index contributed by atoms with van der Waals surface area (Å²) in [6, 6.07) is 6.16. The van der Waals surface area contributed by atoms with E-state index in [0.29, 0.717) is 37.9 Å². The topological polar surface area (TPSA) is 84.9 Å². The molecule has 2 aliphatic heterocycles. The summed E-state index contributed by atoms with van der Waals surface area (Å²) < 4.78 is 37.1. The second kappa shape index (κ2) is 7.45. The molecule has 8 heteroatoms. The van der Waals surface area contributed by atoms with Crippen molar-refractivity contribution < 1.29 is 22.7 Å². The van der Waals surface area contributed by atoms with Crippen LogP contribution < -0.4 is 5.32 Å². The molecular formula is C17H22N2O5S. The van der Waals surface area contributed by atoms with Gasteiger partial charge in [-0.3, -0.25) is 4.79 Å². The van der Waals surface area contributed by atoms with Crippen LogP contribution in [0.5, 0.6) is 0 Å². The van der Waals surface area contributed by atoms with Crippen molar-refractivity contribution in [3.8, 4) is 0 Å². The predicted molar refractivity (Wildman–Crippen MR) is 92.2 cm³/mol. The zero-order valence-electron chi connectivity index (χ0n) is 14.1. The van der Waals surface area contributed by atoms with Crippen molar-refractivity contribution in [1.82, 2.24) is 4.31 Å². The third kappa shape index (κ3) is 4.13. The van der Waals surface area contributed by atoms with Gasteiger partial charge in [-0.25, -0.2) is 8.42 Å². The SMILES string of the molecule is CC1CCN(S(=O)(=O)c2ccc(NC(=O)C3=COCCO3)cc2)CC1. The van der Waals surface area contributed by atoms with Gasteiger partial charge in [0.15, 0.2) is 0 Å². The minimum atomic E-state index is -3.49. The molecule has 1 N–H and O–H groups in total. The van der Waals surface area contributed by atoms with Crippen LogP contribution in [-0.2, 0) is 24.3 Å². The number of hydrogen-bond acceptors (Lipinski definition) is 5. The Balaban J connectivity index is 1.67. The predicted octanol–water partition coefficient (Wildman–Crippen LogP) is 1.93. The van der Waals surface area contributed by atoms with Crippen LogP contribution in [-0.4, -0.2) is 44.9 Å². The van der Waals surface area contributed by atoms with Crippen LogP contribution in [0.2, 0.25) is 0 Å². The van der Waals surface area contributed by atoms with Gasteiger partial charge in [0.1, 0.15) is 19.5 Å². The Morgan fingerprint density at radius 1 is 1.16 bits per heavy atom. The Kier molecular flexibility index (Phi) is 5.29. The molecule has 0 spiro atoms. The lowest BCUT2D eigenvalue weighted by Gasteiger charge is -2.29. The number of benzene rings is 1. The van der Waals surface area contributed by atoms with Crippen LogP contribution in [0.25, 0.3) is 0 Å². The highest BCUT2D eigenvalue weighted by Crippen LogP contribution is 2.24. The lowest BCUT2D eigenvalue weighted by atomic mass is 10.0. The van der Waals surface area contributed by atoms with Crippen molar-refractivity contribution >= 4 is 21.6 Å². The van der Waals surface area contributed by atoms with Gasteiger partial charge in [-0.2, -0.15) is 4.31 Å². The van der Waals surface area contributed by atoms with Crippen molar-refractivity contribution in [1.29, 1.82) is 0 Å². The maximum Gasteiger partial charge on any atom is 0.294 e. The molecule has 0 saturated carbocycles. The molecule has 0 unspecified atom stereocenters. The number of ether oxygens (including phenoxy) is 2. The number of amides is 1. The Morgan fingerprint density at radius 2 is 1.84 bits per heavy atom. The van der Waals surface area contributed by atoms with E-state index in [9.17, 15) is 13.2 Å². The number of rotatable bonds is 4. The van der Waals surface area contributed by atoms with Crippen LogP contribution in [0.1, 0.15) is 19.8 Å². The average Bonchev–Trinajstić information content (AvgIpc) is 2.63. The molecule has 2 heterocycles. The lowest BCUT2D eigenvalue weighted by molar-refractivity contribution is -0.117. The highest BCUT2D eigenvalue weighted by atomic mass is 32.2. The molecular weight excluding hydrogens is 344 g/mol. The first kappa shape index (κ1) is 17.8. The molecule has 0 atom stereocenters. The summed E-state index contributed by atoms with van der Waals surface area (Å²) in [5.41, 5.74) is 0.492. The Hall–Kier alpha value is -2.06. The number of nitrogens with zero attached hydrogens (tertiary/aromatic N) is 1. The van der Waals surface area contributed by atoms with Crippen LogP contribution >= 0.6 is 0 Å². The maximum absolute atomic E-state index is 12.7. The Bertz CT molecular complexity index is 750. The monoisotopic (exact) mass is 366 g/mol. The number of carbonyl (C=O) groups is 1. The van der Waals surface area contributed by atoms with Gasteiger partial charge in [0.25, 0.3) is 5.91 Å². The molecule has 0 bridgehead atoms. The summed E-state index contributed by atoms with van der Waals surface area (Å²) in [6.07, 6.45) is 3.03. The molecule has 1 saturated heterocycles. The largest absolute Gasteiger partial charge is 0.494 e. The zero-order chi connectivity index (χ0) is 17.9. The quantitative estimate of drug-likeness (QED) is 0.880. The van der Waals surface area contributed by atoms with E-state index in [4.69, 9.17) is 9.47 Å². The molecule has 136 valence electrons. The summed E-state index contributed by atoms with van der Waals surface area (Å²) in [6.45, 7) is 3.97. The Morgan fingerprint density at radius 3 is 2.44 bits per heavy atom. The third-order valence-electron chi connectivity index (χ3n) is 4.37. The number of piperidine rings is 1. The summed E-state index contributed by atoms with van der Waals surface area (Å²) in [5.74, 6) is 0.232. The van der Waals surface area contributed by atoms with Crippen molar-refractivity contribution in [2.75, 3.05) is 31.6 Å². The fraction of sp³-hybridized carbons (Fsp3) is 0.471. The van der Waals surface area contributed by atoms with Gasteiger partial charge in [-0.1, -0.05) is 6.92 Å². The van der Waals surface area contributed by atoms with Gasteiger partial charge in [-0.05, 0) is 43.0 Å². The minimum Gasteiger partial charge on any atom is -0.494 e. The van der Waals surface area contributed by atoms with Crippen molar-refractivity contribution in [3.05, 3.63) is 36.3 Å². The number of sulfonamides is 1. The standard InChI is InChI=1S/C17H22N2O5S/c1-13-6-8-19(9-7-13)25(21,22)15-4-2-14(3-5-15)18-17(20)16-12-23-10-11-24-16/h2-5,12-13H,6-11H2,1H3,(H,18,20). The summed E-state index contributed by atoms with van der Waals surface area (Å²) in [5, 5.41) is 2.65. The first-order chi connectivity index (χ1) is 12.0. The molecule has 0 aliphatic carbocycles. The van der Waals surface area contributed by atoms with E-state index in [1.807, 2.05) is 0 Å². The fourth-order valence-electron chi connectivity index (χ4n) is 2.76. The molecule has 1 aromatic rings. The van der Waals surface area contributed by atoms with Crippen molar-refractivity contribution in [2.45, 2.75) is 24.7 Å². The van der Waals surface area contributed by atoms with E-state index >= 15 is 0 Å². The van der Waals surface area contributed by atoms with Crippen LogP contribution in [0.4, 0.5) is 5.69 Å². The fourth-order valence-corrected chi connectivity index (χ4v) is 4.23. The van der Waals surface area contributed by atoms with E-state index in [0.717, 1.165) is 12.8 Å². The minimum absolute atomic E-state index is 0.102. The van der Waals surface area contributed by atoms with E-state index < -0.39 is 15.9 Å². The van der Waals surface area contributed by atoms with Crippen LogP contribution in [0.15, 0.2) is 41.2 Å². The van der Waals surface area contributed by atoms with Gasteiger partial charge >= 0.3 is 0 Å². The van der Waals surface area contributed by atoms with Crippen molar-refractivity contribution in [3.63, 3.8) is 0 Å². The van der Waals surface area contributed by atoms with Crippen LogP contribution in [0.3, 0.4) is 0 Å². The molecule has 2 aliphatic rings. The summed E-state index contributed by atoms with van der Waals surface area (Å²) in [7, 11) is -3.49. The molecule has 25 heavy (non-hydrogen) atoms. The lowest BCUT2D eigenvalue weighted by Crippen LogP contribution is -2.37. The molecule has 1 fully saturated rings. The maximum atomic E-state index is 12.7. The number of anilines is 1. The first-order valence-corrected chi connectivity index (χ1v) is 9.77. The van der Waals surface area contributed by atoms with Crippen molar-refractivity contribution in [2.24, 2.45) is 5.92 Å². The van der Waals surface area contributed by atoms with Crippen LogP contribution in [0, 0.1) is 5.92 Å². The van der Waals surface area contributed by atoms with Gasteiger partial charge in [0.2, 0.25) is 15.8 Å². The third-order valence-corrected chi connectivity index (χ3v) is 6.28. The number of nitrogens with one attached hydrogen (secondary N) is 1. The molecule has 7 nitrogen and oxygen atoms in total. The highest BCUT2D eigenvalue weighted by molar-refractivity contribution is 7.89. The van der Waals surface area contributed by atoms with Gasteiger partial charge in [-0.15, -0.1) is 0 Å². The zero-order valence-corrected chi connectivity index (χ0v) is 14.9. The van der Waals surface area contributed by atoms with E-state index in [1.54, 1.807) is 12.1 Å². The normalized spacial score (nSPS) is 19.5. The smallest absolute Gasteiger partial charge is 0.294 e. The van der Waals surface area contributed by atoms with E-state index in [2.05, 4.69) is 12.2 Å².